The molecule has 2 N–H and O–H groups in total. The summed E-state index contributed by atoms with van der Waals surface area (Å²) in [5.41, 5.74) is 0.546. The van der Waals surface area contributed by atoms with Gasteiger partial charge in [-0.15, -0.1) is 0 Å². The zero-order valence-corrected chi connectivity index (χ0v) is 24.5. The van der Waals surface area contributed by atoms with Crippen molar-refractivity contribution in [1.82, 2.24) is 9.55 Å². The highest BCUT2D eigenvalue weighted by Crippen LogP contribution is 2.35. The highest BCUT2D eigenvalue weighted by Gasteiger charge is 2.31. The number of aromatic nitrogens is 2. The van der Waals surface area contributed by atoms with Crippen LogP contribution < -0.4 is 15.0 Å². The number of para-hydroxylation sites is 1. The van der Waals surface area contributed by atoms with E-state index in [0.717, 1.165) is 27.7 Å². The van der Waals surface area contributed by atoms with Crippen LogP contribution in [0.3, 0.4) is 0 Å². The van der Waals surface area contributed by atoms with Crippen molar-refractivity contribution in [2.45, 2.75) is 55.4 Å². The summed E-state index contributed by atoms with van der Waals surface area (Å²) in [7, 11) is -1.63. The first kappa shape index (κ1) is 29.8. The van der Waals surface area contributed by atoms with Crippen LogP contribution in [-0.2, 0) is 21.9 Å². The predicted octanol–water partition coefficient (Wildman–Crippen LogP) is 5.03. The summed E-state index contributed by atoms with van der Waals surface area (Å²) in [5, 5.41) is 21.0. The number of ether oxygens (including phenoxy) is 2. The third-order valence-electron chi connectivity index (χ3n) is 6.83. The number of sulfone groups is 1. The summed E-state index contributed by atoms with van der Waals surface area (Å²) in [4.78, 5) is 17.2. The second-order valence-electron chi connectivity index (χ2n) is 10.1. The second-order valence-corrected chi connectivity index (χ2v) is 12.0. The van der Waals surface area contributed by atoms with Gasteiger partial charge in [-0.2, -0.15) is 4.98 Å². The lowest BCUT2D eigenvalue weighted by molar-refractivity contribution is 0.0786. The molecule has 0 spiro atoms. The van der Waals surface area contributed by atoms with Crippen molar-refractivity contribution in [3.05, 3.63) is 88.5 Å². The molecule has 3 aromatic carbocycles. The van der Waals surface area contributed by atoms with Crippen molar-refractivity contribution in [3.63, 3.8) is 0 Å². The minimum absolute atomic E-state index is 0.177. The first-order valence-corrected chi connectivity index (χ1v) is 14.7. The van der Waals surface area contributed by atoms with Gasteiger partial charge in [0.15, 0.2) is 4.90 Å². The molecule has 4 aromatic rings. The number of hydrogen-bond acceptors (Lipinski definition) is 8. The van der Waals surface area contributed by atoms with Crippen molar-refractivity contribution in [2.75, 3.05) is 14.2 Å². The standard InChI is InChI=1S/C31H34N2O7S/c1-6-7-11-26-32-29(34)28(30(35)33(26)27-24(39-4)9-8-10-25(27)40-5)41(37,38)23-18-14-21(15-19-23)20-12-16-22(17-13-20)31(2,3)36/h8-10,12-19,34,36H,6-7,11H2,1-5H3. The van der Waals surface area contributed by atoms with Crippen molar-refractivity contribution < 1.29 is 28.1 Å². The van der Waals surface area contributed by atoms with Gasteiger partial charge >= 0.3 is 0 Å². The molecule has 0 fully saturated rings. The average Bonchev–Trinajstić information content (AvgIpc) is 2.95. The summed E-state index contributed by atoms with van der Waals surface area (Å²) in [6, 6.07) is 18.2. The maximum atomic E-state index is 14.0. The maximum absolute atomic E-state index is 14.0. The Labute approximate surface area is 239 Å². The third-order valence-corrected chi connectivity index (χ3v) is 8.62. The van der Waals surface area contributed by atoms with Gasteiger partial charge in [-0.05, 0) is 61.2 Å². The largest absolute Gasteiger partial charge is 0.494 e. The van der Waals surface area contributed by atoms with Gasteiger partial charge in [0.2, 0.25) is 15.7 Å². The number of hydrogen-bond donors (Lipinski definition) is 2. The van der Waals surface area contributed by atoms with Crippen LogP contribution in [0.4, 0.5) is 0 Å². The maximum Gasteiger partial charge on any atom is 0.281 e. The molecular weight excluding hydrogens is 544 g/mol. The van der Waals surface area contributed by atoms with Gasteiger partial charge in [-0.25, -0.2) is 8.42 Å². The number of unbranched alkanes of at least 4 members (excludes halogenated alkanes) is 1. The van der Waals surface area contributed by atoms with E-state index >= 15 is 0 Å². The Morgan fingerprint density at radius 3 is 1.93 bits per heavy atom. The fourth-order valence-corrected chi connectivity index (χ4v) is 5.91. The molecule has 0 atom stereocenters. The zero-order chi connectivity index (χ0) is 29.9. The van der Waals surface area contributed by atoms with Gasteiger partial charge in [0, 0.05) is 6.42 Å². The van der Waals surface area contributed by atoms with E-state index in [9.17, 15) is 23.4 Å². The molecule has 0 aliphatic heterocycles. The second kappa shape index (κ2) is 11.8. The van der Waals surface area contributed by atoms with Crippen LogP contribution in [0.2, 0.25) is 0 Å². The van der Waals surface area contributed by atoms with Gasteiger partial charge in [0.1, 0.15) is 23.0 Å². The van der Waals surface area contributed by atoms with E-state index in [1.165, 1.54) is 26.4 Å². The molecule has 0 amide bonds. The minimum atomic E-state index is -4.49. The average molecular weight is 579 g/mol. The number of benzene rings is 3. The molecule has 0 saturated carbocycles. The first-order valence-electron chi connectivity index (χ1n) is 13.2. The normalized spacial score (nSPS) is 11.9. The third kappa shape index (κ3) is 5.84. The summed E-state index contributed by atoms with van der Waals surface area (Å²) in [6.07, 6.45) is 1.74. The molecule has 41 heavy (non-hydrogen) atoms. The van der Waals surface area contributed by atoms with E-state index < -0.39 is 31.8 Å². The highest BCUT2D eigenvalue weighted by molar-refractivity contribution is 7.91. The molecule has 216 valence electrons. The molecule has 0 aliphatic carbocycles. The first-order chi connectivity index (χ1) is 19.4. The number of nitrogens with zero attached hydrogens (tertiary/aromatic N) is 2. The van der Waals surface area contributed by atoms with Crippen LogP contribution in [0.1, 0.15) is 45.0 Å². The predicted molar refractivity (Wildman–Crippen MR) is 156 cm³/mol. The molecule has 10 heteroatoms. The number of aliphatic hydroxyl groups is 1. The number of methoxy groups -OCH3 is 2. The minimum Gasteiger partial charge on any atom is -0.494 e. The van der Waals surface area contributed by atoms with Gasteiger partial charge < -0.3 is 19.7 Å². The highest BCUT2D eigenvalue weighted by atomic mass is 32.2. The van der Waals surface area contributed by atoms with Crippen molar-refractivity contribution >= 4 is 9.84 Å². The Morgan fingerprint density at radius 1 is 0.902 bits per heavy atom. The van der Waals surface area contributed by atoms with E-state index in [-0.39, 0.29) is 27.9 Å². The smallest absolute Gasteiger partial charge is 0.281 e. The quantitative estimate of drug-likeness (QED) is 0.268. The lowest BCUT2D eigenvalue weighted by Crippen LogP contribution is -2.29. The summed E-state index contributed by atoms with van der Waals surface area (Å²) in [6.45, 7) is 5.36. The van der Waals surface area contributed by atoms with E-state index in [1.54, 1.807) is 56.3 Å². The van der Waals surface area contributed by atoms with Gasteiger partial charge in [0.05, 0.1) is 24.7 Å². The molecular formula is C31H34N2O7S. The summed E-state index contributed by atoms with van der Waals surface area (Å²) >= 11 is 0. The molecule has 9 nitrogen and oxygen atoms in total. The van der Waals surface area contributed by atoms with Crippen LogP contribution in [0.15, 0.2) is 81.3 Å². The fraction of sp³-hybridized carbons (Fsp3) is 0.290. The Balaban J connectivity index is 1.85. The molecule has 0 unspecified atom stereocenters. The van der Waals surface area contributed by atoms with Gasteiger partial charge in [-0.1, -0.05) is 55.8 Å². The Bertz CT molecular complexity index is 1680. The van der Waals surface area contributed by atoms with Crippen LogP contribution in [0.5, 0.6) is 17.4 Å². The molecule has 0 bridgehead atoms. The van der Waals surface area contributed by atoms with Crippen molar-refractivity contribution in [3.8, 4) is 34.2 Å². The zero-order valence-electron chi connectivity index (χ0n) is 23.7. The van der Waals surface area contributed by atoms with Gasteiger partial charge in [0.25, 0.3) is 5.56 Å². The number of rotatable bonds is 10. The van der Waals surface area contributed by atoms with Crippen molar-refractivity contribution in [1.29, 1.82) is 0 Å². The summed E-state index contributed by atoms with van der Waals surface area (Å²) in [5.74, 6) is -0.126. The molecule has 1 heterocycles. The molecule has 4 rings (SSSR count). The molecule has 1 aromatic heterocycles. The number of aryl methyl sites for hydroxylation is 1. The Kier molecular flexibility index (Phi) is 8.55. The Morgan fingerprint density at radius 2 is 1.44 bits per heavy atom. The van der Waals surface area contributed by atoms with E-state index in [0.29, 0.717) is 12.8 Å². The fourth-order valence-electron chi connectivity index (χ4n) is 4.57. The van der Waals surface area contributed by atoms with E-state index in [2.05, 4.69) is 4.98 Å². The molecule has 0 aliphatic rings. The number of aromatic hydroxyl groups is 1. The van der Waals surface area contributed by atoms with Crippen LogP contribution in [0, 0.1) is 0 Å². The topological polar surface area (TPSA) is 128 Å². The summed E-state index contributed by atoms with van der Waals surface area (Å²) < 4.78 is 39.7. The Hall–Kier alpha value is -4.15. The van der Waals surface area contributed by atoms with Crippen molar-refractivity contribution in [2.24, 2.45) is 0 Å². The van der Waals surface area contributed by atoms with E-state index in [4.69, 9.17) is 9.47 Å². The van der Waals surface area contributed by atoms with Crippen LogP contribution in [-0.4, -0.2) is 42.4 Å². The lowest BCUT2D eigenvalue weighted by atomic mass is 9.95. The van der Waals surface area contributed by atoms with E-state index in [1.807, 2.05) is 19.1 Å². The molecule has 0 radical (unpaired) electrons. The van der Waals surface area contributed by atoms with Gasteiger partial charge in [-0.3, -0.25) is 9.36 Å². The molecule has 0 saturated heterocycles. The monoisotopic (exact) mass is 578 g/mol. The SMILES string of the molecule is CCCCc1nc(O)c(S(=O)(=O)c2ccc(-c3ccc(C(C)(C)O)cc3)cc2)c(=O)n1-c1c(OC)cccc1OC. The lowest BCUT2D eigenvalue weighted by Gasteiger charge is -2.19. The van der Waals surface area contributed by atoms with Crippen LogP contribution in [0.25, 0.3) is 16.8 Å². The van der Waals surface area contributed by atoms with Crippen LogP contribution >= 0.6 is 0 Å².